The largest absolute Gasteiger partial charge is 0.494 e. The fraction of sp³-hybridized carbons (Fsp3) is 0.562. The van der Waals surface area contributed by atoms with E-state index in [1.165, 1.54) is 0 Å². The molecule has 0 aliphatic rings. The van der Waals surface area contributed by atoms with Crippen molar-refractivity contribution in [3.63, 3.8) is 0 Å². The Labute approximate surface area is 120 Å². The Bertz CT molecular complexity index is 384. The fourth-order valence-electron chi connectivity index (χ4n) is 1.81. The first-order valence-electron chi connectivity index (χ1n) is 7.20. The third-order valence-electron chi connectivity index (χ3n) is 2.96. The molecule has 0 saturated carbocycles. The normalized spacial score (nSPS) is 11.9. The molecule has 0 radical (unpaired) electrons. The van der Waals surface area contributed by atoms with Gasteiger partial charge in [0.15, 0.2) is 0 Å². The number of hydrogen-bond acceptors (Lipinski definition) is 4. The maximum absolute atomic E-state index is 11.1. The highest BCUT2D eigenvalue weighted by atomic mass is 16.5. The van der Waals surface area contributed by atoms with E-state index >= 15 is 0 Å². The highest BCUT2D eigenvalue weighted by molar-refractivity contribution is 5.69. The predicted octanol–water partition coefficient (Wildman–Crippen LogP) is 3.24. The third-order valence-corrected chi connectivity index (χ3v) is 2.96. The minimum Gasteiger partial charge on any atom is -0.494 e. The van der Waals surface area contributed by atoms with E-state index in [2.05, 4.69) is 0 Å². The number of benzene rings is 1. The zero-order chi connectivity index (χ0) is 14.8. The maximum Gasteiger partial charge on any atom is 0.305 e. The van der Waals surface area contributed by atoms with E-state index in [9.17, 15) is 9.90 Å². The first kappa shape index (κ1) is 16.5. The SMILES string of the molecule is CCOC(=O)CCCCCOc1ccc([C@@H](C)O)cc1. The van der Waals surface area contributed by atoms with Gasteiger partial charge in [-0.3, -0.25) is 4.79 Å². The average Bonchev–Trinajstić information content (AvgIpc) is 2.43. The van der Waals surface area contributed by atoms with Gasteiger partial charge in [0, 0.05) is 6.42 Å². The second-order valence-corrected chi connectivity index (χ2v) is 4.71. The molecule has 0 aliphatic carbocycles. The van der Waals surface area contributed by atoms with Crippen LogP contribution in [0.4, 0.5) is 0 Å². The summed E-state index contributed by atoms with van der Waals surface area (Å²) in [7, 11) is 0. The van der Waals surface area contributed by atoms with E-state index in [0.29, 0.717) is 19.6 Å². The monoisotopic (exact) mass is 280 g/mol. The highest BCUT2D eigenvalue weighted by Gasteiger charge is 2.02. The Morgan fingerprint density at radius 2 is 1.90 bits per heavy atom. The van der Waals surface area contributed by atoms with E-state index in [4.69, 9.17) is 9.47 Å². The smallest absolute Gasteiger partial charge is 0.305 e. The van der Waals surface area contributed by atoms with Gasteiger partial charge in [0.25, 0.3) is 0 Å². The van der Waals surface area contributed by atoms with Crippen molar-refractivity contribution >= 4 is 5.97 Å². The minimum atomic E-state index is -0.452. The van der Waals surface area contributed by atoms with E-state index < -0.39 is 6.10 Å². The zero-order valence-corrected chi connectivity index (χ0v) is 12.3. The van der Waals surface area contributed by atoms with Crippen LogP contribution in [0.25, 0.3) is 0 Å². The van der Waals surface area contributed by atoms with Crippen LogP contribution in [-0.4, -0.2) is 24.3 Å². The predicted molar refractivity (Wildman–Crippen MR) is 77.7 cm³/mol. The Kier molecular flexibility index (Phi) is 7.73. The van der Waals surface area contributed by atoms with Gasteiger partial charge < -0.3 is 14.6 Å². The van der Waals surface area contributed by atoms with Crippen LogP contribution < -0.4 is 4.74 Å². The van der Waals surface area contributed by atoms with E-state index in [1.54, 1.807) is 6.92 Å². The van der Waals surface area contributed by atoms with Crippen molar-refractivity contribution in [3.05, 3.63) is 29.8 Å². The van der Waals surface area contributed by atoms with E-state index in [1.807, 2.05) is 31.2 Å². The van der Waals surface area contributed by atoms with Gasteiger partial charge in [0.05, 0.1) is 19.3 Å². The van der Waals surface area contributed by atoms with Crippen LogP contribution >= 0.6 is 0 Å². The summed E-state index contributed by atoms with van der Waals surface area (Å²) in [5.74, 6) is 0.682. The van der Waals surface area contributed by atoms with Crippen LogP contribution in [-0.2, 0) is 9.53 Å². The fourth-order valence-corrected chi connectivity index (χ4v) is 1.81. The summed E-state index contributed by atoms with van der Waals surface area (Å²) in [6, 6.07) is 7.45. The van der Waals surface area contributed by atoms with Crippen molar-refractivity contribution in [3.8, 4) is 5.75 Å². The molecule has 1 N–H and O–H groups in total. The summed E-state index contributed by atoms with van der Waals surface area (Å²) in [5, 5.41) is 9.39. The summed E-state index contributed by atoms with van der Waals surface area (Å²) in [6.07, 6.45) is 2.73. The van der Waals surface area contributed by atoms with Crippen LogP contribution in [0.5, 0.6) is 5.75 Å². The number of rotatable bonds is 9. The van der Waals surface area contributed by atoms with Crippen molar-refractivity contribution in [1.29, 1.82) is 0 Å². The molecule has 4 nitrogen and oxygen atoms in total. The standard InChI is InChI=1S/C16H24O4/c1-3-19-16(18)7-5-4-6-12-20-15-10-8-14(9-11-15)13(2)17/h8-11,13,17H,3-7,12H2,1-2H3/t13-/m1/s1. The lowest BCUT2D eigenvalue weighted by molar-refractivity contribution is -0.143. The van der Waals surface area contributed by atoms with Gasteiger partial charge in [0.1, 0.15) is 5.75 Å². The second kappa shape index (κ2) is 9.37. The molecule has 1 aromatic rings. The van der Waals surface area contributed by atoms with Gasteiger partial charge >= 0.3 is 5.97 Å². The van der Waals surface area contributed by atoms with Gasteiger partial charge in [-0.05, 0) is 50.8 Å². The van der Waals surface area contributed by atoms with Crippen molar-refractivity contribution in [1.82, 2.24) is 0 Å². The molecule has 0 saturated heterocycles. The highest BCUT2D eigenvalue weighted by Crippen LogP contribution is 2.17. The number of carbonyl (C=O) groups is 1. The van der Waals surface area contributed by atoms with Crippen molar-refractivity contribution in [2.24, 2.45) is 0 Å². The first-order chi connectivity index (χ1) is 9.63. The second-order valence-electron chi connectivity index (χ2n) is 4.71. The summed E-state index contributed by atoms with van der Waals surface area (Å²) in [6.45, 7) is 4.63. The summed E-state index contributed by atoms with van der Waals surface area (Å²) in [5.41, 5.74) is 0.881. The van der Waals surface area contributed by atoms with Crippen molar-refractivity contribution in [2.75, 3.05) is 13.2 Å². The Morgan fingerprint density at radius 1 is 1.20 bits per heavy atom. The van der Waals surface area contributed by atoms with Gasteiger partial charge in [-0.2, -0.15) is 0 Å². The van der Waals surface area contributed by atoms with Crippen LogP contribution in [0.2, 0.25) is 0 Å². The summed E-state index contributed by atoms with van der Waals surface area (Å²) < 4.78 is 10.5. The van der Waals surface area contributed by atoms with E-state index in [-0.39, 0.29) is 5.97 Å². The minimum absolute atomic E-state index is 0.123. The zero-order valence-electron chi connectivity index (χ0n) is 12.3. The molecule has 1 rings (SSSR count). The number of unbranched alkanes of at least 4 members (excludes halogenated alkanes) is 2. The van der Waals surface area contributed by atoms with Gasteiger partial charge in [-0.15, -0.1) is 0 Å². The van der Waals surface area contributed by atoms with Gasteiger partial charge in [-0.1, -0.05) is 12.1 Å². The molecule has 0 aliphatic heterocycles. The number of aliphatic hydroxyl groups is 1. The molecule has 0 aromatic heterocycles. The molecule has 0 spiro atoms. The topological polar surface area (TPSA) is 55.8 Å². The molecule has 1 atom stereocenters. The lowest BCUT2D eigenvalue weighted by atomic mass is 10.1. The van der Waals surface area contributed by atoms with Crippen molar-refractivity contribution in [2.45, 2.75) is 45.6 Å². The van der Waals surface area contributed by atoms with Gasteiger partial charge in [0.2, 0.25) is 0 Å². The molecule has 20 heavy (non-hydrogen) atoms. The van der Waals surface area contributed by atoms with Crippen LogP contribution in [0.1, 0.15) is 51.2 Å². The number of carbonyl (C=O) groups excluding carboxylic acids is 1. The first-order valence-corrected chi connectivity index (χ1v) is 7.20. The molecule has 112 valence electrons. The molecule has 0 fully saturated rings. The Balaban J connectivity index is 2.10. The third kappa shape index (κ3) is 6.57. The van der Waals surface area contributed by atoms with Crippen LogP contribution in [0, 0.1) is 0 Å². The van der Waals surface area contributed by atoms with Gasteiger partial charge in [-0.25, -0.2) is 0 Å². The Morgan fingerprint density at radius 3 is 2.50 bits per heavy atom. The van der Waals surface area contributed by atoms with Crippen LogP contribution in [0.3, 0.4) is 0 Å². The molecule has 0 unspecified atom stereocenters. The van der Waals surface area contributed by atoms with Crippen LogP contribution in [0.15, 0.2) is 24.3 Å². The lowest BCUT2D eigenvalue weighted by Crippen LogP contribution is -2.04. The quantitative estimate of drug-likeness (QED) is 0.557. The molecule has 4 heteroatoms. The number of ether oxygens (including phenoxy) is 2. The number of esters is 1. The number of hydrogen-bond donors (Lipinski definition) is 1. The number of aliphatic hydroxyl groups excluding tert-OH is 1. The molecular formula is C16H24O4. The summed E-state index contributed by atoms with van der Waals surface area (Å²) >= 11 is 0. The lowest BCUT2D eigenvalue weighted by Gasteiger charge is -2.08. The molecule has 0 bridgehead atoms. The maximum atomic E-state index is 11.1. The summed E-state index contributed by atoms with van der Waals surface area (Å²) in [4.78, 5) is 11.1. The van der Waals surface area contributed by atoms with E-state index in [0.717, 1.165) is 30.6 Å². The molecule has 1 aromatic carbocycles. The molecular weight excluding hydrogens is 256 g/mol. The molecule has 0 amide bonds. The Hall–Kier alpha value is -1.55. The van der Waals surface area contributed by atoms with Crippen molar-refractivity contribution < 1.29 is 19.4 Å². The average molecular weight is 280 g/mol. The molecule has 0 heterocycles.